The fraction of sp³-hybridized carbons (Fsp3) is 0.556. The lowest BCUT2D eigenvalue weighted by Crippen LogP contribution is -2.16. The molecule has 1 rings (SSSR count). The van der Waals surface area contributed by atoms with E-state index in [9.17, 15) is 4.79 Å². The normalized spacial score (nSPS) is 11.7. The minimum atomic E-state index is -1.11. The summed E-state index contributed by atoms with van der Waals surface area (Å²) in [5.74, 6) is 0.289. The molecule has 0 aliphatic carbocycles. The van der Waals surface area contributed by atoms with Gasteiger partial charge in [-0.05, 0) is 12.3 Å². The number of aromatic nitrogens is 2. The number of rotatable bonds is 0. The molecule has 5 nitrogen and oxygen atoms in total. The van der Waals surface area contributed by atoms with E-state index in [4.69, 9.17) is 10.8 Å². The molecule has 0 fully saturated rings. The summed E-state index contributed by atoms with van der Waals surface area (Å²) in [6.45, 7) is 7.62. The molecule has 1 aromatic heterocycles. The topological polar surface area (TPSA) is 81.1 Å². The summed E-state index contributed by atoms with van der Waals surface area (Å²) < 4.78 is 0.913. The van der Waals surface area contributed by atoms with Crippen LogP contribution >= 0.6 is 0 Å². The molecule has 78 valence electrons. The highest BCUT2D eigenvalue weighted by Crippen LogP contribution is 2.30. The SMILES string of the molecule is Cc1c(C(C)(C)C)c(N)nn1C(=O)O. The first kappa shape index (κ1) is 10.6. The predicted octanol–water partition coefficient (Wildman–Crippen LogP) is 1.60. The smallest absolute Gasteiger partial charge is 0.432 e. The summed E-state index contributed by atoms with van der Waals surface area (Å²) in [6.07, 6.45) is -1.11. The molecule has 0 atom stereocenters. The second kappa shape index (κ2) is 3.01. The molecular formula is C9H15N3O2. The van der Waals surface area contributed by atoms with Gasteiger partial charge in [-0.3, -0.25) is 0 Å². The van der Waals surface area contributed by atoms with Crippen LogP contribution in [0.25, 0.3) is 0 Å². The van der Waals surface area contributed by atoms with Crippen LogP contribution in [0.3, 0.4) is 0 Å². The lowest BCUT2D eigenvalue weighted by Gasteiger charge is -2.18. The van der Waals surface area contributed by atoms with Gasteiger partial charge >= 0.3 is 6.09 Å². The van der Waals surface area contributed by atoms with E-state index in [1.165, 1.54) is 0 Å². The zero-order valence-electron chi connectivity index (χ0n) is 8.83. The molecule has 3 N–H and O–H groups in total. The standard InChI is InChI=1S/C9H15N3O2/c1-5-6(9(2,3)4)7(10)11-12(5)8(13)14/h1-4H3,(H2,10,11)(H,13,14). The van der Waals surface area contributed by atoms with E-state index in [2.05, 4.69) is 5.10 Å². The van der Waals surface area contributed by atoms with E-state index in [0.29, 0.717) is 5.69 Å². The quantitative estimate of drug-likeness (QED) is 0.661. The van der Waals surface area contributed by atoms with Crippen molar-refractivity contribution in [2.24, 2.45) is 0 Å². The second-order valence-corrected chi connectivity index (χ2v) is 4.29. The molecule has 1 heterocycles. The highest BCUT2D eigenvalue weighted by Gasteiger charge is 2.25. The van der Waals surface area contributed by atoms with Gasteiger partial charge in [-0.1, -0.05) is 20.8 Å². The summed E-state index contributed by atoms with van der Waals surface area (Å²) in [5.41, 5.74) is 6.86. The molecule has 0 saturated carbocycles. The zero-order valence-corrected chi connectivity index (χ0v) is 8.83. The molecular weight excluding hydrogens is 182 g/mol. The van der Waals surface area contributed by atoms with Crippen molar-refractivity contribution >= 4 is 11.9 Å². The van der Waals surface area contributed by atoms with Gasteiger partial charge in [0.2, 0.25) is 0 Å². The summed E-state index contributed by atoms with van der Waals surface area (Å²) in [4.78, 5) is 10.8. The Morgan fingerprint density at radius 1 is 1.50 bits per heavy atom. The molecule has 14 heavy (non-hydrogen) atoms. The largest absolute Gasteiger partial charge is 0.463 e. The van der Waals surface area contributed by atoms with E-state index < -0.39 is 6.09 Å². The van der Waals surface area contributed by atoms with Gasteiger partial charge in [0.05, 0.1) is 5.69 Å². The van der Waals surface area contributed by atoms with Crippen molar-refractivity contribution in [1.82, 2.24) is 9.78 Å². The Morgan fingerprint density at radius 2 is 2.00 bits per heavy atom. The van der Waals surface area contributed by atoms with Crippen molar-refractivity contribution in [2.45, 2.75) is 33.1 Å². The summed E-state index contributed by atoms with van der Waals surface area (Å²) >= 11 is 0. The van der Waals surface area contributed by atoms with Crippen LogP contribution < -0.4 is 5.73 Å². The Labute approximate surface area is 82.5 Å². The number of anilines is 1. The Hall–Kier alpha value is -1.52. The lowest BCUT2D eigenvalue weighted by atomic mass is 9.87. The van der Waals surface area contributed by atoms with Gasteiger partial charge in [0.15, 0.2) is 0 Å². The lowest BCUT2D eigenvalue weighted by molar-refractivity contribution is 0.192. The number of nitrogens with zero attached hydrogens (tertiary/aromatic N) is 2. The van der Waals surface area contributed by atoms with Crippen molar-refractivity contribution in [3.63, 3.8) is 0 Å². The Kier molecular flexibility index (Phi) is 2.27. The first-order valence-corrected chi connectivity index (χ1v) is 4.34. The van der Waals surface area contributed by atoms with Crippen molar-refractivity contribution in [1.29, 1.82) is 0 Å². The molecule has 0 amide bonds. The summed E-state index contributed by atoms with van der Waals surface area (Å²) in [5, 5.41) is 12.6. The van der Waals surface area contributed by atoms with Gasteiger partial charge in [-0.15, -0.1) is 5.10 Å². The van der Waals surface area contributed by atoms with E-state index in [1.807, 2.05) is 20.8 Å². The van der Waals surface area contributed by atoms with E-state index in [0.717, 1.165) is 10.2 Å². The minimum Gasteiger partial charge on any atom is -0.463 e. The molecule has 5 heteroatoms. The van der Waals surface area contributed by atoms with E-state index in [1.54, 1.807) is 6.92 Å². The van der Waals surface area contributed by atoms with Crippen LogP contribution in [0.2, 0.25) is 0 Å². The van der Waals surface area contributed by atoms with Crippen molar-refractivity contribution in [3.8, 4) is 0 Å². The van der Waals surface area contributed by atoms with Gasteiger partial charge in [0.1, 0.15) is 5.82 Å². The number of carbonyl (C=O) groups is 1. The van der Waals surface area contributed by atoms with E-state index >= 15 is 0 Å². The fourth-order valence-corrected chi connectivity index (χ4v) is 1.64. The number of nitrogens with two attached hydrogens (primary N) is 1. The molecule has 0 radical (unpaired) electrons. The molecule has 0 bridgehead atoms. The van der Waals surface area contributed by atoms with Crippen LogP contribution in [0.1, 0.15) is 32.0 Å². The second-order valence-electron chi connectivity index (χ2n) is 4.29. The Balaban J connectivity index is 3.40. The maximum absolute atomic E-state index is 10.8. The Bertz CT molecular complexity index is 374. The van der Waals surface area contributed by atoms with Gasteiger partial charge < -0.3 is 10.8 Å². The number of hydrogen-bond acceptors (Lipinski definition) is 3. The maximum atomic E-state index is 10.8. The summed E-state index contributed by atoms with van der Waals surface area (Å²) in [7, 11) is 0. The molecule has 0 unspecified atom stereocenters. The predicted molar refractivity (Wildman–Crippen MR) is 53.5 cm³/mol. The number of carboxylic acid groups (broad SMARTS) is 1. The molecule has 0 spiro atoms. The van der Waals surface area contributed by atoms with Crippen LogP contribution in [0.5, 0.6) is 0 Å². The van der Waals surface area contributed by atoms with Crippen LogP contribution in [-0.2, 0) is 5.41 Å². The molecule has 1 aromatic rings. The average Bonchev–Trinajstić information content (AvgIpc) is 2.24. The van der Waals surface area contributed by atoms with Crippen molar-refractivity contribution < 1.29 is 9.90 Å². The zero-order chi connectivity index (χ0) is 11.1. The molecule has 0 saturated heterocycles. The fourth-order valence-electron chi connectivity index (χ4n) is 1.64. The van der Waals surface area contributed by atoms with Crippen LogP contribution in [-0.4, -0.2) is 21.0 Å². The number of nitrogen functional groups attached to an aromatic ring is 1. The minimum absolute atomic E-state index is 0.193. The van der Waals surface area contributed by atoms with Gasteiger partial charge in [0.25, 0.3) is 0 Å². The highest BCUT2D eigenvalue weighted by molar-refractivity contribution is 5.70. The third-order valence-electron chi connectivity index (χ3n) is 2.07. The van der Waals surface area contributed by atoms with Gasteiger partial charge in [-0.2, -0.15) is 4.68 Å². The molecule has 0 aromatic carbocycles. The van der Waals surface area contributed by atoms with Crippen LogP contribution in [0.4, 0.5) is 10.6 Å². The molecule has 0 aliphatic heterocycles. The van der Waals surface area contributed by atoms with Crippen molar-refractivity contribution in [3.05, 3.63) is 11.3 Å². The highest BCUT2D eigenvalue weighted by atomic mass is 16.4. The number of hydrogen-bond donors (Lipinski definition) is 2. The average molecular weight is 197 g/mol. The third-order valence-corrected chi connectivity index (χ3v) is 2.07. The first-order valence-electron chi connectivity index (χ1n) is 4.34. The third kappa shape index (κ3) is 1.57. The van der Waals surface area contributed by atoms with Crippen LogP contribution in [0, 0.1) is 6.92 Å². The molecule has 0 aliphatic rings. The van der Waals surface area contributed by atoms with Gasteiger partial charge in [-0.25, -0.2) is 4.79 Å². The Morgan fingerprint density at radius 3 is 2.21 bits per heavy atom. The van der Waals surface area contributed by atoms with Gasteiger partial charge in [0, 0.05) is 5.56 Å². The maximum Gasteiger partial charge on any atom is 0.432 e. The van der Waals surface area contributed by atoms with E-state index in [-0.39, 0.29) is 11.2 Å². The van der Waals surface area contributed by atoms with Crippen LogP contribution in [0.15, 0.2) is 0 Å². The monoisotopic (exact) mass is 197 g/mol. The first-order chi connectivity index (χ1) is 6.25. The summed E-state index contributed by atoms with van der Waals surface area (Å²) in [6, 6.07) is 0. The van der Waals surface area contributed by atoms with Crippen molar-refractivity contribution in [2.75, 3.05) is 5.73 Å².